The Labute approximate surface area is 93.3 Å². The lowest BCUT2D eigenvalue weighted by atomic mass is 10.00. The van der Waals surface area contributed by atoms with Crippen molar-refractivity contribution in [1.29, 1.82) is 0 Å². The average molecular weight is 225 g/mol. The molecule has 3 nitrogen and oxygen atoms in total. The van der Waals surface area contributed by atoms with Gasteiger partial charge in [0, 0.05) is 35.4 Å². The van der Waals surface area contributed by atoms with E-state index in [-0.39, 0.29) is 18.4 Å². The maximum atomic E-state index is 12.0. The summed E-state index contributed by atoms with van der Waals surface area (Å²) in [7, 11) is 0. The summed E-state index contributed by atoms with van der Waals surface area (Å²) in [4.78, 5) is 16.0. The van der Waals surface area contributed by atoms with Crippen molar-refractivity contribution in [2.75, 3.05) is 19.7 Å². The quantitative estimate of drug-likeness (QED) is 0.827. The van der Waals surface area contributed by atoms with Gasteiger partial charge >= 0.3 is 0 Å². The molecule has 0 bridgehead atoms. The number of aliphatic hydroxyl groups is 1. The first-order valence-electron chi connectivity index (χ1n) is 5.09. The van der Waals surface area contributed by atoms with E-state index in [1.165, 1.54) is 4.88 Å². The highest BCUT2D eigenvalue weighted by atomic mass is 32.1. The van der Waals surface area contributed by atoms with Gasteiger partial charge in [-0.25, -0.2) is 0 Å². The fourth-order valence-corrected chi connectivity index (χ4v) is 2.78. The molecule has 1 saturated heterocycles. The minimum atomic E-state index is 0.113. The average Bonchev–Trinajstić information content (AvgIpc) is 2.43. The molecule has 1 amide bonds. The van der Waals surface area contributed by atoms with Gasteiger partial charge in [0.15, 0.2) is 0 Å². The van der Waals surface area contributed by atoms with Crippen molar-refractivity contribution >= 4 is 17.2 Å². The van der Waals surface area contributed by atoms with E-state index >= 15 is 0 Å². The molecule has 0 unspecified atom stereocenters. The van der Waals surface area contributed by atoms with Gasteiger partial charge in [0.25, 0.3) is 5.91 Å². The maximum Gasteiger partial charge on any atom is 0.255 e. The Morgan fingerprint density at radius 3 is 2.73 bits per heavy atom. The van der Waals surface area contributed by atoms with Gasteiger partial charge in [-0.1, -0.05) is 0 Å². The predicted molar refractivity (Wildman–Crippen MR) is 60.3 cm³/mol. The van der Waals surface area contributed by atoms with Crippen LogP contribution in [0.1, 0.15) is 20.1 Å². The molecule has 0 atom stereocenters. The third-order valence-corrected chi connectivity index (χ3v) is 3.74. The van der Waals surface area contributed by atoms with Crippen LogP contribution in [0.5, 0.6) is 0 Å². The van der Waals surface area contributed by atoms with Gasteiger partial charge < -0.3 is 10.0 Å². The summed E-state index contributed by atoms with van der Waals surface area (Å²) in [6.45, 7) is 5.58. The monoisotopic (exact) mass is 225 g/mol. The van der Waals surface area contributed by atoms with Gasteiger partial charge in [-0.2, -0.15) is 0 Å². The molecule has 4 heteroatoms. The second-order valence-electron chi connectivity index (χ2n) is 4.09. The van der Waals surface area contributed by atoms with E-state index in [1.807, 2.05) is 19.9 Å². The van der Waals surface area contributed by atoms with Gasteiger partial charge in [-0.15, -0.1) is 11.3 Å². The predicted octanol–water partition coefficient (Wildman–Crippen LogP) is 1.43. The molecule has 1 aromatic heterocycles. The molecule has 2 rings (SSSR count). The van der Waals surface area contributed by atoms with Crippen molar-refractivity contribution in [2.45, 2.75) is 13.8 Å². The number of hydrogen-bond acceptors (Lipinski definition) is 3. The van der Waals surface area contributed by atoms with Crippen LogP contribution in [0.15, 0.2) is 6.07 Å². The van der Waals surface area contributed by atoms with Gasteiger partial charge in [-0.05, 0) is 19.9 Å². The molecule has 1 aliphatic heterocycles. The number of thiophene rings is 1. The van der Waals surface area contributed by atoms with Crippen LogP contribution >= 0.6 is 11.3 Å². The first kappa shape index (κ1) is 10.6. The largest absolute Gasteiger partial charge is 0.396 e. The van der Waals surface area contributed by atoms with E-state index in [4.69, 9.17) is 5.11 Å². The molecule has 0 saturated carbocycles. The number of rotatable bonds is 2. The summed E-state index contributed by atoms with van der Waals surface area (Å²) in [5, 5.41) is 8.88. The summed E-state index contributed by atoms with van der Waals surface area (Å²) in [6.07, 6.45) is 0. The molecule has 1 N–H and O–H groups in total. The van der Waals surface area contributed by atoms with Crippen molar-refractivity contribution in [3.63, 3.8) is 0 Å². The number of hydrogen-bond donors (Lipinski definition) is 1. The molecule has 82 valence electrons. The van der Waals surface area contributed by atoms with Crippen LogP contribution in [-0.4, -0.2) is 35.6 Å². The van der Waals surface area contributed by atoms with E-state index in [9.17, 15) is 4.79 Å². The third-order valence-electron chi connectivity index (χ3n) is 2.77. The molecular formula is C11H15NO2S. The minimum absolute atomic E-state index is 0.113. The minimum Gasteiger partial charge on any atom is -0.396 e. The Balaban J connectivity index is 2.06. The number of likely N-dealkylation sites (tertiary alicyclic amines) is 1. The maximum absolute atomic E-state index is 12.0. The summed E-state index contributed by atoms with van der Waals surface area (Å²) in [5.41, 5.74) is 0.828. The zero-order valence-corrected chi connectivity index (χ0v) is 9.80. The molecule has 1 aliphatic rings. The van der Waals surface area contributed by atoms with Gasteiger partial charge in [-0.3, -0.25) is 4.79 Å². The summed E-state index contributed by atoms with van der Waals surface area (Å²) >= 11 is 1.66. The van der Waals surface area contributed by atoms with Gasteiger partial charge in [0.05, 0.1) is 5.56 Å². The van der Waals surface area contributed by atoms with Gasteiger partial charge in [0.2, 0.25) is 0 Å². The molecule has 1 fully saturated rings. The molecule has 15 heavy (non-hydrogen) atoms. The number of aryl methyl sites for hydroxylation is 2. The van der Waals surface area contributed by atoms with Crippen LogP contribution in [0.3, 0.4) is 0 Å². The first-order chi connectivity index (χ1) is 7.11. The summed E-state index contributed by atoms with van der Waals surface area (Å²) < 4.78 is 0. The number of carbonyl (C=O) groups excluding carboxylic acids is 1. The van der Waals surface area contributed by atoms with Crippen LogP contribution in [-0.2, 0) is 0 Å². The van der Waals surface area contributed by atoms with Crippen molar-refractivity contribution in [1.82, 2.24) is 4.90 Å². The van der Waals surface area contributed by atoms with E-state index < -0.39 is 0 Å². The second-order valence-corrected chi connectivity index (χ2v) is 5.55. The molecule has 0 radical (unpaired) electrons. The summed E-state index contributed by atoms with van der Waals surface area (Å²) in [5.74, 6) is 0.399. The van der Waals surface area contributed by atoms with E-state index in [0.29, 0.717) is 13.1 Å². The Bertz CT molecular complexity index is 380. The van der Waals surface area contributed by atoms with Crippen LogP contribution < -0.4 is 0 Å². The Kier molecular flexibility index (Phi) is 2.80. The lowest BCUT2D eigenvalue weighted by molar-refractivity contribution is 0.0362. The Hall–Kier alpha value is -0.870. The fourth-order valence-electron chi connectivity index (χ4n) is 1.86. The van der Waals surface area contributed by atoms with Crippen LogP contribution in [0.25, 0.3) is 0 Å². The number of aliphatic hydroxyl groups excluding tert-OH is 1. The molecule has 0 aromatic carbocycles. The highest BCUT2D eigenvalue weighted by molar-refractivity contribution is 7.12. The van der Waals surface area contributed by atoms with E-state index in [2.05, 4.69) is 0 Å². The van der Waals surface area contributed by atoms with Crippen LogP contribution in [0, 0.1) is 19.8 Å². The number of amides is 1. The second kappa shape index (κ2) is 3.94. The number of carbonyl (C=O) groups is 1. The topological polar surface area (TPSA) is 40.5 Å². The van der Waals surface area contributed by atoms with E-state index in [0.717, 1.165) is 10.4 Å². The zero-order chi connectivity index (χ0) is 11.0. The van der Waals surface area contributed by atoms with Crippen LogP contribution in [0.4, 0.5) is 0 Å². The highest BCUT2D eigenvalue weighted by Gasteiger charge is 2.31. The van der Waals surface area contributed by atoms with Gasteiger partial charge in [0.1, 0.15) is 0 Å². The van der Waals surface area contributed by atoms with E-state index in [1.54, 1.807) is 16.2 Å². The fraction of sp³-hybridized carbons (Fsp3) is 0.545. The smallest absolute Gasteiger partial charge is 0.255 e. The molecule has 1 aromatic rings. The Morgan fingerprint density at radius 1 is 1.60 bits per heavy atom. The van der Waals surface area contributed by atoms with Crippen molar-refractivity contribution in [3.05, 3.63) is 21.4 Å². The number of nitrogens with zero attached hydrogens (tertiary/aromatic N) is 1. The highest BCUT2D eigenvalue weighted by Crippen LogP contribution is 2.25. The van der Waals surface area contributed by atoms with Crippen molar-refractivity contribution in [3.8, 4) is 0 Å². The van der Waals surface area contributed by atoms with Crippen molar-refractivity contribution < 1.29 is 9.90 Å². The standard InChI is InChI=1S/C11H15NO2S/c1-7-3-10(8(2)15-7)11(14)12-4-9(5-12)6-13/h3,9,13H,4-6H2,1-2H3. The third kappa shape index (κ3) is 1.92. The van der Waals surface area contributed by atoms with Crippen molar-refractivity contribution in [2.24, 2.45) is 5.92 Å². The SMILES string of the molecule is Cc1cc(C(=O)N2CC(CO)C2)c(C)s1. The normalized spacial score (nSPS) is 16.6. The van der Waals surface area contributed by atoms with Crippen LogP contribution in [0.2, 0.25) is 0 Å². The zero-order valence-electron chi connectivity index (χ0n) is 8.99. The molecule has 2 heterocycles. The first-order valence-corrected chi connectivity index (χ1v) is 5.90. The lowest BCUT2D eigenvalue weighted by Crippen LogP contribution is -2.51. The molecule has 0 aliphatic carbocycles. The lowest BCUT2D eigenvalue weighted by Gasteiger charge is -2.38. The molecular weight excluding hydrogens is 210 g/mol. The molecule has 0 spiro atoms. The Morgan fingerprint density at radius 2 is 2.27 bits per heavy atom. The summed E-state index contributed by atoms with van der Waals surface area (Å²) in [6, 6.07) is 1.95.